The minimum absolute atomic E-state index is 0.670. The average molecular weight is 441 g/mol. The first-order valence-electron chi connectivity index (χ1n) is 4.59. The standard InChI is InChI=1S/C11H6Br3ClN2/c12-6-3-9(14)11(16-5-6)17-10-4-7(15)1-2-8(10)13/h1-5H,(H,16,17). The Hall–Kier alpha value is -0.100. The Kier molecular flexibility index (Phi) is 4.47. The fourth-order valence-electron chi connectivity index (χ4n) is 1.23. The predicted molar refractivity (Wildman–Crippen MR) is 82.1 cm³/mol. The predicted octanol–water partition coefficient (Wildman–Crippen LogP) is 5.77. The van der Waals surface area contributed by atoms with E-state index >= 15 is 0 Å². The van der Waals surface area contributed by atoms with Crippen LogP contribution < -0.4 is 5.32 Å². The molecule has 2 nitrogen and oxygen atoms in total. The van der Waals surface area contributed by atoms with Crippen molar-refractivity contribution in [2.75, 3.05) is 5.32 Å². The van der Waals surface area contributed by atoms with Crippen molar-refractivity contribution >= 4 is 70.9 Å². The normalized spacial score (nSPS) is 10.4. The minimum Gasteiger partial charge on any atom is -0.338 e. The second kappa shape index (κ2) is 5.69. The number of hydrogen-bond acceptors (Lipinski definition) is 2. The SMILES string of the molecule is Clc1ccc(Br)c(Nc2ncc(Br)cc2Br)c1. The Balaban J connectivity index is 2.34. The molecule has 2 aromatic rings. The zero-order valence-corrected chi connectivity index (χ0v) is 13.9. The highest BCUT2D eigenvalue weighted by Crippen LogP contribution is 2.31. The summed E-state index contributed by atoms with van der Waals surface area (Å²) in [7, 11) is 0. The van der Waals surface area contributed by atoms with Crippen LogP contribution in [-0.4, -0.2) is 4.98 Å². The van der Waals surface area contributed by atoms with Crippen molar-refractivity contribution in [1.82, 2.24) is 4.98 Å². The van der Waals surface area contributed by atoms with Crippen molar-refractivity contribution < 1.29 is 0 Å². The Morgan fingerprint density at radius 3 is 2.53 bits per heavy atom. The van der Waals surface area contributed by atoms with Gasteiger partial charge in [0.2, 0.25) is 0 Å². The van der Waals surface area contributed by atoms with Gasteiger partial charge in [0.05, 0.1) is 10.2 Å². The van der Waals surface area contributed by atoms with Crippen molar-refractivity contribution in [2.45, 2.75) is 0 Å². The van der Waals surface area contributed by atoms with Crippen LogP contribution >= 0.6 is 59.4 Å². The molecule has 17 heavy (non-hydrogen) atoms. The lowest BCUT2D eigenvalue weighted by Crippen LogP contribution is -1.95. The third-order valence-electron chi connectivity index (χ3n) is 1.99. The molecule has 0 aliphatic rings. The van der Waals surface area contributed by atoms with Gasteiger partial charge >= 0.3 is 0 Å². The van der Waals surface area contributed by atoms with E-state index < -0.39 is 0 Å². The van der Waals surface area contributed by atoms with E-state index in [0.717, 1.165) is 24.9 Å². The molecule has 0 bridgehead atoms. The van der Waals surface area contributed by atoms with E-state index in [4.69, 9.17) is 11.6 Å². The summed E-state index contributed by atoms with van der Waals surface area (Å²) in [4.78, 5) is 4.28. The molecule has 0 spiro atoms. The lowest BCUT2D eigenvalue weighted by molar-refractivity contribution is 1.27. The molecule has 2 rings (SSSR count). The first-order chi connectivity index (χ1) is 8.06. The van der Waals surface area contributed by atoms with Crippen LogP contribution in [0.1, 0.15) is 0 Å². The van der Waals surface area contributed by atoms with Crippen LogP contribution in [-0.2, 0) is 0 Å². The highest BCUT2D eigenvalue weighted by Gasteiger charge is 2.06. The molecule has 0 aliphatic carbocycles. The first-order valence-corrected chi connectivity index (χ1v) is 7.35. The lowest BCUT2D eigenvalue weighted by Gasteiger charge is -2.09. The van der Waals surface area contributed by atoms with E-state index in [-0.39, 0.29) is 0 Å². The quantitative estimate of drug-likeness (QED) is 0.641. The Morgan fingerprint density at radius 2 is 1.82 bits per heavy atom. The zero-order valence-electron chi connectivity index (χ0n) is 8.35. The van der Waals surface area contributed by atoms with Crippen molar-refractivity contribution in [1.29, 1.82) is 0 Å². The molecule has 88 valence electrons. The Morgan fingerprint density at radius 1 is 1.06 bits per heavy atom. The summed E-state index contributed by atoms with van der Waals surface area (Å²) in [5.74, 6) is 0.733. The maximum atomic E-state index is 5.95. The van der Waals surface area contributed by atoms with Crippen molar-refractivity contribution in [3.8, 4) is 0 Å². The van der Waals surface area contributed by atoms with Gasteiger partial charge in [0.1, 0.15) is 5.82 Å². The molecule has 0 saturated carbocycles. The summed E-state index contributed by atoms with van der Waals surface area (Å²) in [5, 5.41) is 3.87. The number of nitrogens with zero attached hydrogens (tertiary/aromatic N) is 1. The molecule has 0 amide bonds. The molecule has 0 radical (unpaired) electrons. The van der Waals surface area contributed by atoms with Crippen LogP contribution in [0.4, 0.5) is 11.5 Å². The highest BCUT2D eigenvalue weighted by molar-refractivity contribution is 9.11. The number of nitrogens with one attached hydrogen (secondary N) is 1. The molecular weight excluding hydrogens is 435 g/mol. The minimum atomic E-state index is 0.670. The molecule has 0 aliphatic heterocycles. The summed E-state index contributed by atoms with van der Waals surface area (Å²) < 4.78 is 2.72. The van der Waals surface area contributed by atoms with E-state index in [1.54, 1.807) is 6.20 Å². The summed E-state index contributed by atoms with van der Waals surface area (Å²) in [6, 6.07) is 7.47. The number of aromatic nitrogens is 1. The van der Waals surface area contributed by atoms with Crippen LogP contribution in [0.5, 0.6) is 0 Å². The lowest BCUT2D eigenvalue weighted by atomic mass is 10.3. The molecule has 0 unspecified atom stereocenters. The van der Waals surface area contributed by atoms with E-state index in [9.17, 15) is 0 Å². The fraction of sp³-hybridized carbons (Fsp3) is 0. The van der Waals surface area contributed by atoms with Gasteiger partial charge in [0.25, 0.3) is 0 Å². The average Bonchev–Trinajstić information content (AvgIpc) is 2.27. The highest BCUT2D eigenvalue weighted by atomic mass is 79.9. The monoisotopic (exact) mass is 438 g/mol. The van der Waals surface area contributed by atoms with Crippen molar-refractivity contribution in [2.24, 2.45) is 0 Å². The summed E-state index contributed by atoms with van der Waals surface area (Å²) >= 11 is 16.2. The maximum absolute atomic E-state index is 5.95. The molecule has 1 aromatic carbocycles. The van der Waals surface area contributed by atoms with Crippen LogP contribution in [0.25, 0.3) is 0 Å². The molecule has 1 aromatic heterocycles. The van der Waals surface area contributed by atoms with E-state index in [1.807, 2.05) is 24.3 Å². The molecular formula is C11H6Br3ClN2. The number of pyridine rings is 1. The fourth-order valence-corrected chi connectivity index (χ4v) is 2.83. The molecule has 0 fully saturated rings. The van der Waals surface area contributed by atoms with Gasteiger partial charge in [0.15, 0.2) is 0 Å². The van der Waals surface area contributed by atoms with Gasteiger partial charge < -0.3 is 5.32 Å². The van der Waals surface area contributed by atoms with Gasteiger partial charge in [-0.2, -0.15) is 0 Å². The van der Waals surface area contributed by atoms with Gasteiger partial charge in [-0.25, -0.2) is 4.98 Å². The van der Waals surface area contributed by atoms with Gasteiger partial charge in [-0.3, -0.25) is 0 Å². The molecule has 0 atom stereocenters. The van der Waals surface area contributed by atoms with Crippen LogP contribution in [0, 0.1) is 0 Å². The number of anilines is 2. The Bertz CT molecular complexity index is 560. The van der Waals surface area contributed by atoms with Crippen molar-refractivity contribution in [3.05, 3.63) is 48.9 Å². The van der Waals surface area contributed by atoms with Crippen LogP contribution in [0.3, 0.4) is 0 Å². The van der Waals surface area contributed by atoms with E-state index in [0.29, 0.717) is 5.02 Å². The zero-order chi connectivity index (χ0) is 12.4. The largest absolute Gasteiger partial charge is 0.338 e. The van der Waals surface area contributed by atoms with Gasteiger partial charge in [-0.05, 0) is 72.1 Å². The van der Waals surface area contributed by atoms with Crippen molar-refractivity contribution in [3.63, 3.8) is 0 Å². The van der Waals surface area contributed by atoms with Crippen LogP contribution in [0.2, 0.25) is 5.02 Å². The van der Waals surface area contributed by atoms with Gasteiger partial charge in [0, 0.05) is 20.2 Å². The second-order valence-corrected chi connectivity index (χ2v) is 6.29. The summed E-state index contributed by atoms with van der Waals surface area (Å²) in [5.41, 5.74) is 0.869. The van der Waals surface area contributed by atoms with E-state index in [1.165, 1.54) is 0 Å². The van der Waals surface area contributed by atoms with E-state index in [2.05, 4.69) is 58.1 Å². The summed E-state index contributed by atoms with van der Waals surface area (Å²) in [6.07, 6.45) is 1.73. The Labute approximate surface area is 129 Å². The molecule has 6 heteroatoms. The number of hydrogen-bond donors (Lipinski definition) is 1. The van der Waals surface area contributed by atoms with Crippen LogP contribution in [0.15, 0.2) is 43.9 Å². The molecule has 1 N–H and O–H groups in total. The van der Waals surface area contributed by atoms with Gasteiger partial charge in [-0.1, -0.05) is 11.6 Å². The first kappa shape index (κ1) is 13.3. The number of halogens is 4. The second-order valence-electron chi connectivity index (χ2n) is 3.23. The summed E-state index contributed by atoms with van der Waals surface area (Å²) in [6.45, 7) is 0. The molecule has 0 saturated heterocycles. The molecule has 1 heterocycles. The smallest absolute Gasteiger partial charge is 0.144 e. The maximum Gasteiger partial charge on any atom is 0.144 e. The number of rotatable bonds is 2. The topological polar surface area (TPSA) is 24.9 Å². The van der Waals surface area contributed by atoms with Gasteiger partial charge in [-0.15, -0.1) is 0 Å². The third kappa shape index (κ3) is 3.44. The third-order valence-corrected chi connectivity index (χ3v) is 3.95. The number of benzene rings is 1.